The van der Waals surface area contributed by atoms with Crippen LogP contribution in [0.25, 0.3) is 11.6 Å². The number of amides is 1. The summed E-state index contributed by atoms with van der Waals surface area (Å²) in [5.74, 6) is -0.112. The van der Waals surface area contributed by atoms with Crippen LogP contribution in [0.3, 0.4) is 0 Å². The van der Waals surface area contributed by atoms with E-state index in [1.807, 2.05) is 73.7 Å². The van der Waals surface area contributed by atoms with Gasteiger partial charge in [-0.05, 0) is 30.2 Å². The van der Waals surface area contributed by atoms with E-state index < -0.39 is 0 Å². The minimum atomic E-state index is -0.278. The van der Waals surface area contributed by atoms with E-state index in [1.54, 1.807) is 28.9 Å². The molecule has 4 aromatic rings. The molecule has 0 atom stereocenters. The quantitative estimate of drug-likeness (QED) is 0.334. The largest absolute Gasteiger partial charge is 0.305 e. The molecule has 5 heteroatoms. The van der Waals surface area contributed by atoms with Crippen LogP contribution in [-0.2, 0) is 11.3 Å². The lowest BCUT2D eigenvalue weighted by atomic mass is 10.0. The number of anilines is 1. The Morgan fingerprint density at radius 3 is 2.32 bits per heavy atom. The van der Waals surface area contributed by atoms with E-state index in [-0.39, 0.29) is 11.7 Å². The third-order valence-corrected chi connectivity index (χ3v) is 4.94. The first kappa shape index (κ1) is 20.3. The summed E-state index contributed by atoms with van der Waals surface area (Å²) < 4.78 is 15.7. The first-order valence-corrected chi connectivity index (χ1v) is 10.0. The highest BCUT2D eigenvalue weighted by atomic mass is 19.1. The third-order valence-electron chi connectivity index (χ3n) is 4.94. The molecule has 1 amide bonds. The Labute approximate surface area is 180 Å². The van der Waals surface area contributed by atoms with Gasteiger partial charge in [0.1, 0.15) is 5.82 Å². The number of hydrogen-bond acceptors (Lipinski definition) is 2. The van der Waals surface area contributed by atoms with Crippen molar-refractivity contribution in [2.75, 3.05) is 5.32 Å². The van der Waals surface area contributed by atoms with Gasteiger partial charge in [0, 0.05) is 22.9 Å². The zero-order valence-electron chi connectivity index (χ0n) is 17.1. The van der Waals surface area contributed by atoms with Crippen molar-refractivity contribution in [1.82, 2.24) is 9.78 Å². The van der Waals surface area contributed by atoms with E-state index >= 15 is 0 Å². The third kappa shape index (κ3) is 4.95. The number of aromatic nitrogens is 2. The Morgan fingerprint density at radius 1 is 0.968 bits per heavy atom. The average molecular weight is 411 g/mol. The summed E-state index contributed by atoms with van der Waals surface area (Å²) in [6.45, 7) is 2.17. The van der Waals surface area contributed by atoms with Gasteiger partial charge < -0.3 is 5.32 Å². The van der Waals surface area contributed by atoms with Gasteiger partial charge in [0.25, 0.3) is 5.91 Å². The number of nitrogens with zero attached hydrogens (tertiary/aromatic N) is 2. The van der Waals surface area contributed by atoms with Crippen molar-refractivity contribution in [2.24, 2.45) is 0 Å². The molecule has 0 radical (unpaired) electrons. The van der Waals surface area contributed by atoms with Crippen molar-refractivity contribution in [3.05, 3.63) is 119 Å². The Morgan fingerprint density at radius 2 is 1.61 bits per heavy atom. The zero-order valence-corrected chi connectivity index (χ0v) is 17.1. The molecule has 1 N–H and O–H groups in total. The van der Waals surface area contributed by atoms with Gasteiger partial charge in [0.15, 0.2) is 5.82 Å². The molecule has 4 rings (SSSR count). The van der Waals surface area contributed by atoms with Gasteiger partial charge in [0.2, 0.25) is 0 Å². The van der Waals surface area contributed by atoms with Crippen LogP contribution in [-0.4, -0.2) is 15.7 Å². The zero-order chi connectivity index (χ0) is 21.6. The van der Waals surface area contributed by atoms with Gasteiger partial charge in [-0.1, -0.05) is 78.9 Å². The van der Waals surface area contributed by atoms with Crippen molar-refractivity contribution in [3.8, 4) is 0 Å². The minimum Gasteiger partial charge on any atom is -0.305 e. The maximum Gasteiger partial charge on any atom is 0.257 e. The Kier molecular flexibility index (Phi) is 6.03. The number of nitrogens with one attached hydrogen (secondary N) is 1. The first-order chi connectivity index (χ1) is 15.1. The summed E-state index contributed by atoms with van der Waals surface area (Å²) in [6, 6.07) is 27.6. The summed E-state index contributed by atoms with van der Waals surface area (Å²) in [7, 11) is 0. The van der Waals surface area contributed by atoms with Gasteiger partial charge in [0.05, 0.1) is 6.54 Å². The molecule has 0 fully saturated rings. The maximum absolute atomic E-state index is 14.0. The van der Waals surface area contributed by atoms with Crippen molar-refractivity contribution in [3.63, 3.8) is 0 Å². The van der Waals surface area contributed by atoms with Gasteiger partial charge in [-0.25, -0.2) is 4.39 Å². The number of aryl methyl sites for hydroxylation is 1. The highest BCUT2D eigenvalue weighted by Gasteiger charge is 2.15. The van der Waals surface area contributed by atoms with Crippen LogP contribution < -0.4 is 5.32 Å². The van der Waals surface area contributed by atoms with E-state index in [0.29, 0.717) is 23.5 Å². The number of benzene rings is 3. The number of halogens is 1. The van der Waals surface area contributed by atoms with E-state index in [2.05, 4.69) is 10.4 Å². The molecule has 0 aliphatic carbocycles. The van der Waals surface area contributed by atoms with Crippen LogP contribution in [0.5, 0.6) is 0 Å². The SMILES string of the molecule is Cc1cc(NC(=O)/C(=C\c2ccccc2)c2ccccc2)nn1Cc1ccccc1F. The van der Waals surface area contributed by atoms with Crippen LogP contribution in [0.1, 0.15) is 22.4 Å². The molecule has 0 aliphatic rings. The lowest BCUT2D eigenvalue weighted by Crippen LogP contribution is -2.14. The fraction of sp³-hybridized carbons (Fsp3) is 0.0769. The second kappa shape index (κ2) is 9.22. The summed E-state index contributed by atoms with van der Waals surface area (Å²) in [5, 5.41) is 7.35. The molecule has 0 unspecified atom stereocenters. The smallest absolute Gasteiger partial charge is 0.257 e. The van der Waals surface area contributed by atoms with Gasteiger partial charge >= 0.3 is 0 Å². The van der Waals surface area contributed by atoms with E-state index in [4.69, 9.17) is 0 Å². The lowest BCUT2D eigenvalue weighted by molar-refractivity contribution is -0.111. The van der Waals surface area contributed by atoms with Crippen molar-refractivity contribution in [1.29, 1.82) is 0 Å². The number of rotatable bonds is 6. The van der Waals surface area contributed by atoms with Gasteiger partial charge in [-0.3, -0.25) is 9.48 Å². The predicted molar refractivity (Wildman–Crippen MR) is 122 cm³/mol. The molecule has 0 saturated carbocycles. The van der Waals surface area contributed by atoms with Crippen molar-refractivity contribution in [2.45, 2.75) is 13.5 Å². The van der Waals surface area contributed by atoms with Crippen molar-refractivity contribution >= 4 is 23.4 Å². The number of carbonyl (C=O) groups excluding carboxylic acids is 1. The number of carbonyl (C=O) groups is 1. The summed E-state index contributed by atoms with van der Waals surface area (Å²) in [5.41, 5.74) is 3.64. The van der Waals surface area contributed by atoms with Crippen LogP contribution in [0, 0.1) is 12.7 Å². The van der Waals surface area contributed by atoms with Gasteiger partial charge in [-0.2, -0.15) is 5.10 Å². The lowest BCUT2D eigenvalue weighted by Gasteiger charge is -2.08. The standard InChI is InChI=1S/C26H22FN3O/c1-19-16-25(29-30(19)18-22-14-8-9-15-24(22)27)28-26(31)23(21-12-6-3-7-13-21)17-20-10-4-2-5-11-20/h2-17H,18H2,1H3,(H,28,29,31)/b23-17-. The average Bonchev–Trinajstić information content (AvgIpc) is 3.13. The number of hydrogen-bond donors (Lipinski definition) is 1. The monoisotopic (exact) mass is 411 g/mol. The molecule has 0 saturated heterocycles. The molecular formula is C26H22FN3O. The van der Waals surface area contributed by atoms with Gasteiger partial charge in [-0.15, -0.1) is 0 Å². The molecule has 3 aromatic carbocycles. The molecule has 31 heavy (non-hydrogen) atoms. The summed E-state index contributed by atoms with van der Waals surface area (Å²) in [4.78, 5) is 13.2. The molecule has 1 aromatic heterocycles. The second-order valence-electron chi connectivity index (χ2n) is 7.21. The van der Waals surface area contributed by atoms with Crippen LogP contribution >= 0.6 is 0 Å². The topological polar surface area (TPSA) is 46.9 Å². The molecule has 0 spiro atoms. The molecule has 4 nitrogen and oxygen atoms in total. The molecule has 0 aliphatic heterocycles. The van der Waals surface area contributed by atoms with E-state index in [0.717, 1.165) is 16.8 Å². The Balaban J connectivity index is 1.59. The summed E-state index contributed by atoms with van der Waals surface area (Å²) >= 11 is 0. The maximum atomic E-state index is 14.0. The van der Waals surface area contributed by atoms with Crippen LogP contribution in [0.4, 0.5) is 10.2 Å². The molecular weight excluding hydrogens is 389 g/mol. The molecule has 1 heterocycles. The second-order valence-corrected chi connectivity index (χ2v) is 7.21. The fourth-order valence-electron chi connectivity index (χ4n) is 3.32. The molecule has 0 bridgehead atoms. The normalized spacial score (nSPS) is 11.4. The van der Waals surface area contributed by atoms with E-state index in [1.165, 1.54) is 6.07 Å². The Bertz CT molecular complexity index is 1210. The predicted octanol–water partition coefficient (Wildman–Crippen LogP) is 5.56. The first-order valence-electron chi connectivity index (χ1n) is 10.0. The van der Waals surface area contributed by atoms with Crippen molar-refractivity contribution < 1.29 is 9.18 Å². The highest BCUT2D eigenvalue weighted by Crippen LogP contribution is 2.21. The van der Waals surface area contributed by atoms with E-state index in [9.17, 15) is 9.18 Å². The summed E-state index contributed by atoms with van der Waals surface area (Å²) in [6.07, 6.45) is 1.86. The van der Waals surface area contributed by atoms with Crippen LogP contribution in [0.2, 0.25) is 0 Å². The molecule has 154 valence electrons. The Hall–Kier alpha value is -3.99. The fourth-order valence-corrected chi connectivity index (χ4v) is 3.32. The highest BCUT2D eigenvalue weighted by molar-refractivity contribution is 6.29. The van der Waals surface area contributed by atoms with Crippen LogP contribution in [0.15, 0.2) is 91.0 Å². The minimum absolute atomic E-state index is 0.259.